The van der Waals surface area contributed by atoms with Crippen molar-refractivity contribution in [2.24, 2.45) is 0 Å². The van der Waals surface area contributed by atoms with Gasteiger partial charge in [-0.1, -0.05) is 25.4 Å². The molecule has 0 bridgehead atoms. The lowest BCUT2D eigenvalue weighted by atomic mass is 10.3. The highest BCUT2D eigenvalue weighted by Crippen LogP contribution is 2.28. The molecule has 0 aliphatic rings. The third kappa shape index (κ3) is 2.20. The third-order valence-corrected chi connectivity index (χ3v) is 2.79. The summed E-state index contributed by atoms with van der Waals surface area (Å²) in [6.07, 6.45) is 1.74. The SMILES string of the molecule is CC.Cc1cc2c(Cl)ccnc2s1. The van der Waals surface area contributed by atoms with Crippen LogP contribution < -0.4 is 0 Å². The van der Waals surface area contributed by atoms with Gasteiger partial charge in [-0.25, -0.2) is 4.98 Å². The molecule has 0 N–H and O–H groups in total. The number of halogens is 1. The topological polar surface area (TPSA) is 12.9 Å². The van der Waals surface area contributed by atoms with Gasteiger partial charge in [-0.15, -0.1) is 11.3 Å². The van der Waals surface area contributed by atoms with E-state index >= 15 is 0 Å². The minimum absolute atomic E-state index is 0.791. The van der Waals surface area contributed by atoms with Gasteiger partial charge in [0.25, 0.3) is 0 Å². The second-order valence-corrected chi connectivity index (χ2v) is 4.01. The Balaban J connectivity index is 0.000000396. The smallest absolute Gasteiger partial charge is 0.124 e. The van der Waals surface area contributed by atoms with E-state index in [0.29, 0.717) is 0 Å². The van der Waals surface area contributed by atoms with E-state index < -0.39 is 0 Å². The Morgan fingerprint density at radius 1 is 1.38 bits per heavy atom. The zero-order chi connectivity index (χ0) is 9.84. The van der Waals surface area contributed by atoms with E-state index in [0.717, 1.165) is 15.2 Å². The second kappa shape index (κ2) is 4.58. The molecule has 0 saturated heterocycles. The molecule has 0 radical (unpaired) electrons. The number of hydrogen-bond acceptors (Lipinski definition) is 2. The Kier molecular flexibility index (Phi) is 3.70. The summed E-state index contributed by atoms with van der Waals surface area (Å²) in [5, 5.41) is 1.86. The fraction of sp³-hybridized carbons (Fsp3) is 0.300. The number of thiophene rings is 1. The summed E-state index contributed by atoms with van der Waals surface area (Å²) in [4.78, 5) is 6.47. The lowest BCUT2D eigenvalue weighted by Gasteiger charge is -1.88. The van der Waals surface area contributed by atoms with Gasteiger partial charge >= 0.3 is 0 Å². The Hall–Kier alpha value is -0.600. The highest BCUT2D eigenvalue weighted by Gasteiger charge is 2.01. The normalized spacial score (nSPS) is 9.54. The molecule has 3 heteroatoms. The molecule has 0 aromatic carbocycles. The predicted molar refractivity (Wildman–Crippen MR) is 60.7 cm³/mol. The van der Waals surface area contributed by atoms with Crippen molar-refractivity contribution in [2.75, 3.05) is 0 Å². The Labute approximate surface area is 87.4 Å². The highest BCUT2D eigenvalue weighted by atomic mass is 35.5. The number of aromatic nitrogens is 1. The number of hydrogen-bond donors (Lipinski definition) is 0. The van der Waals surface area contributed by atoms with Gasteiger partial charge in [0.05, 0.1) is 5.02 Å². The van der Waals surface area contributed by atoms with Crippen LogP contribution in [-0.4, -0.2) is 4.98 Å². The standard InChI is InChI=1S/C8H6ClNS.C2H6/c1-5-4-6-7(9)2-3-10-8(6)11-5;1-2/h2-4H,1H3;1-2H3. The molecule has 0 aliphatic heterocycles. The van der Waals surface area contributed by atoms with Gasteiger partial charge in [-0.3, -0.25) is 0 Å². The molecular formula is C10H12ClNS. The highest BCUT2D eigenvalue weighted by molar-refractivity contribution is 7.18. The van der Waals surface area contributed by atoms with Gasteiger partial charge in [0.15, 0.2) is 0 Å². The van der Waals surface area contributed by atoms with Gasteiger partial charge in [0.1, 0.15) is 4.83 Å². The fourth-order valence-electron chi connectivity index (χ4n) is 1.03. The number of fused-ring (bicyclic) bond motifs is 1. The third-order valence-electron chi connectivity index (χ3n) is 1.51. The minimum atomic E-state index is 0.791. The first-order valence-electron chi connectivity index (χ1n) is 4.28. The molecule has 2 aromatic heterocycles. The number of aryl methyl sites for hydroxylation is 1. The molecule has 70 valence electrons. The van der Waals surface area contributed by atoms with Crippen LogP contribution in [0.2, 0.25) is 5.02 Å². The van der Waals surface area contributed by atoms with E-state index in [4.69, 9.17) is 11.6 Å². The van der Waals surface area contributed by atoms with Crippen LogP contribution in [0.5, 0.6) is 0 Å². The quantitative estimate of drug-likeness (QED) is 0.637. The van der Waals surface area contributed by atoms with Gasteiger partial charge in [0, 0.05) is 16.5 Å². The number of rotatable bonds is 0. The first kappa shape index (κ1) is 10.5. The van der Waals surface area contributed by atoms with E-state index in [9.17, 15) is 0 Å². The largest absolute Gasteiger partial charge is 0.245 e. The summed E-state index contributed by atoms with van der Waals surface area (Å²) in [5.41, 5.74) is 0. The van der Waals surface area contributed by atoms with Crippen molar-refractivity contribution in [1.82, 2.24) is 4.98 Å². The van der Waals surface area contributed by atoms with Crippen LogP contribution in [0.25, 0.3) is 10.2 Å². The average molecular weight is 214 g/mol. The van der Waals surface area contributed by atoms with E-state index in [-0.39, 0.29) is 0 Å². The number of nitrogens with zero attached hydrogens (tertiary/aromatic N) is 1. The van der Waals surface area contributed by atoms with Crippen molar-refractivity contribution in [3.63, 3.8) is 0 Å². The Morgan fingerprint density at radius 3 is 2.69 bits per heavy atom. The molecular weight excluding hydrogens is 202 g/mol. The molecule has 0 aliphatic carbocycles. The molecule has 0 spiro atoms. The van der Waals surface area contributed by atoms with E-state index in [1.807, 2.05) is 19.9 Å². The molecule has 0 unspecified atom stereocenters. The van der Waals surface area contributed by atoms with Gasteiger partial charge in [0.2, 0.25) is 0 Å². The van der Waals surface area contributed by atoms with E-state index in [2.05, 4.69) is 18.0 Å². The summed E-state index contributed by atoms with van der Waals surface area (Å²) in [6.45, 7) is 6.06. The molecule has 0 atom stereocenters. The van der Waals surface area contributed by atoms with Gasteiger partial charge in [-0.2, -0.15) is 0 Å². The second-order valence-electron chi connectivity index (χ2n) is 2.37. The molecule has 13 heavy (non-hydrogen) atoms. The summed E-state index contributed by atoms with van der Waals surface area (Å²) >= 11 is 7.61. The minimum Gasteiger partial charge on any atom is -0.245 e. The zero-order valence-electron chi connectivity index (χ0n) is 7.97. The van der Waals surface area contributed by atoms with Crippen LogP contribution in [0.15, 0.2) is 18.3 Å². The molecule has 2 aromatic rings. The van der Waals surface area contributed by atoms with Crippen molar-refractivity contribution in [1.29, 1.82) is 0 Å². The van der Waals surface area contributed by atoms with Gasteiger partial charge in [-0.05, 0) is 19.1 Å². The maximum atomic E-state index is 5.94. The fourth-order valence-corrected chi connectivity index (χ4v) is 2.16. The van der Waals surface area contributed by atoms with Crippen LogP contribution in [0.4, 0.5) is 0 Å². The monoisotopic (exact) mass is 213 g/mol. The molecule has 2 heterocycles. The summed E-state index contributed by atoms with van der Waals surface area (Å²) in [6, 6.07) is 3.88. The van der Waals surface area contributed by atoms with Crippen LogP contribution >= 0.6 is 22.9 Å². The van der Waals surface area contributed by atoms with Crippen LogP contribution in [0, 0.1) is 6.92 Å². The van der Waals surface area contributed by atoms with E-state index in [1.165, 1.54) is 4.88 Å². The van der Waals surface area contributed by atoms with E-state index in [1.54, 1.807) is 17.5 Å². The molecule has 0 saturated carbocycles. The van der Waals surface area contributed by atoms with Crippen LogP contribution in [-0.2, 0) is 0 Å². The summed E-state index contributed by atoms with van der Waals surface area (Å²) in [7, 11) is 0. The summed E-state index contributed by atoms with van der Waals surface area (Å²) in [5.74, 6) is 0. The average Bonchev–Trinajstić information content (AvgIpc) is 2.51. The molecule has 0 amide bonds. The molecule has 0 fully saturated rings. The maximum Gasteiger partial charge on any atom is 0.124 e. The predicted octanol–water partition coefficient (Wildman–Crippen LogP) is 4.28. The zero-order valence-corrected chi connectivity index (χ0v) is 9.54. The Morgan fingerprint density at radius 2 is 2.08 bits per heavy atom. The number of pyridine rings is 1. The first-order chi connectivity index (χ1) is 6.27. The van der Waals surface area contributed by atoms with Crippen molar-refractivity contribution < 1.29 is 0 Å². The lowest BCUT2D eigenvalue weighted by Crippen LogP contribution is -1.69. The first-order valence-corrected chi connectivity index (χ1v) is 5.47. The maximum absolute atomic E-state index is 5.94. The lowest BCUT2D eigenvalue weighted by molar-refractivity contribution is 1.45. The van der Waals surface area contributed by atoms with Crippen LogP contribution in [0.3, 0.4) is 0 Å². The van der Waals surface area contributed by atoms with Crippen molar-refractivity contribution >= 4 is 33.2 Å². The molecule has 2 rings (SSSR count). The Bertz CT molecular complexity index is 395. The van der Waals surface area contributed by atoms with Crippen molar-refractivity contribution in [2.45, 2.75) is 20.8 Å². The van der Waals surface area contributed by atoms with Crippen LogP contribution in [0.1, 0.15) is 18.7 Å². The van der Waals surface area contributed by atoms with Gasteiger partial charge < -0.3 is 0 Å². The molecule has 1 nitrogen and oxygen atoms in total. The summed E-state index contributed by atoms with van der Waals surface area (Å²) < 4.78 is 0. The van der Waals surface area contributed by atoms with Crippen molar-refractivity contribution in [3.05, 3.63) is 28.2 Å². The van der Waals surface area contributed by atoms with Crippen molar-refractivity contribution in [3.8, 4) is 0 Å².